The van der Waals surface area contributed by atoms with E-state index in [1.807, 2.05) is 18.2 Å². The van der Waals surface area contributed by atoms with Crippen molar-refractivity contribution in [2.75, 3.05) is 23.4 Å². The molecule has 0 bridgehead atoms. The molecule has 0 radical (unpaired) electrons. The number of anilines is 1. The molecule has 2 rings (SSSR count). The molecule has 1 aromatic carbocycles. The summed E-state index contributed by atoms with van der Waals surface area (Å²) in [6, 6.07) is 12.1. The Kier molecular flexibility index (Phi) is 6.47. The fourth-order valence-electron chi connectivity index (χ4n) is 1.93. The van der Waals surface area contributed by atoms with E-state index in [0.29, 0.717) is 18.4 Å². The summed E-state index contributed by atoms with van der Waals surface area (Å²) in [6.45, 7) is 4.37. The maximum Gasteiger partial charge on any atom is 0.228 e. The third kappa shape index (κ3) is 5.01. The van der Waals surface area contributed by atoms with Gasteiger partial charge in [-0.1, -0.05) is 53.2 Å². The van der Waals surface area contributed by atoms with E-state index in [0.717, 1.165) is 24.8 Å². The van der Waals surface area contributed by atoms with Gasteiger partial charge in [0.1, 0.15) is 0 Å². The quantitative estimate of drug-likeness (QED) is 0.681. The van der Waals surface area contributed by atoms with E-state index in [4.69, 9.17) is 4.74 Å². The van der Waals surface area contributed by atoms with Crippen molar-refractivity contribution >= 4 is 21.9 Å². The van der Waals surface area contributed by atoms with E-state index in [1.54, 1.807) is 12.3 Å². The van der Waals surface area contributed by atoms with Crippen LogP contribution in [-0.4, -0.2) is 28.4 Å². The number of hydrogen-bond acceptors (Lipinski definition) is 4. The van der Waals surface area contributed by atoms with Gasteiger partial charge in [0.15, 0.2) is 0 Å². The average molecular weight is 350 g/mol. The smallest absolute Gasteiger partial charge is 0.228 e. The van der Waals surface area contributed by atoms with Gasteiger partial charge in [0.2, 0.25) is 11.8 Å². The van der Waals surface area contributed by atoms with Crippen LogP contribution in [0.4, 0.5) is 5.95 Å². The molecule has 5 heteroatoms. The normalized spacial score (nSPS) is 10.4. The molecule has 1 aromatic heterocycles. The molecule has 0 aliphatic heterocycles. The van der Waals surface area contributed by atoms with Crippen LogP contribution in [0.5, 0.6) is 5.88 Å². The monoisotopic (exact) mass is 349 g/mol. The first kappa shape index (κ1) is 15.8. The zero-order valence-corrected chi connectivity index (χ0v) is 13.8. The zero-order chi connectivity index (χ0) is 14.9. The molecule has 0 atom stereocenters. The SMILES string of the molecule is CCCOc1ccnc(N(CCBr)Cc2ccccc2)n1. The Balaban J connectivity index is 2.13. The summed E-state index contributed by atoms with van der Waals surface area (Å²) < 4.78 is 5.58. The molecule has 0 fully saturated rings. The van der Waals surface area contributed by atoms with Crippen LogP contribution in [0.2, 0.25) is 0 Å². The molecule has 2 aromatic rings. The van der Waals surface area contributed by atoms with Crippen LogP contribution in [0.25, 0.3) is 0 Å². The standard InChI is InChI=1S/C16H20BrN3O/c1-2-12-21-15-8-10-18-16(19-15)20(11-9-17)13-14-6-4-3-5-7-14/h3-8,10H,2,9,11-13H2,1H3. The topological polar surface area (TPSA) is 38.2 Å². The van der Waals surface area contributed by atoms with Crippen molar-refractivity contribution in [3.8, 4) is 5.88 Å². The van der Waals surface area contributed by atoms with Crippen molar-refractivity contribution in [2.45, 2.75) is 19.9 Å². The van der Waals surface area contributed by atoms with E-state index in [-0.39, 0.29) is 0 Å². The van der Waals surface area contributed by atoms with Crippen LogP contribution in [-0.2, 0) is 6.54 Å². The van der Waals surface area contributed by atoms with Crippen LogP contribution in [0.3, 0.4) is 0 Å². The van der Waals surface area contributed by atoms with Gasteiger partial charge in [0.25, 0.3) is 0 Å². The predicted molar refractivity (Wildman–Crippen MR) is 89.1 cm³/mol. The second kappa shape index (κ2) is 8.62. The number of halogens is 1. The highest BCUT2D eigenvalue weighted by molar-refractivity contribution is 9.09. The van der Waals surface area contributed by atoms with Crippen LogP contribution in [0.15, 0.2) is 42.6 Å². The summed E-state index contributed by atoms with van der Waals surface area (Å²) in [5.74, 6) is 1.33. The molecular weight excluding hydrogens is 330 g/mol. The van der Waals surface area contributed by atoms with Crippen molar-refractivity contribution < 1.29 is 4.74 Å². The lowest BCUT2D eigenvalue weighted by atomic mass is 10.2. The summed E-state index contributed by atoms with van der Waals surface area (Å²) in [7, 11) is 0. The molecule has 0 spiro atoms. The first-order chi connectivity index (χ1) is 10.3. The molecule has 0 saturated carbocycles. The fraction of sp³-hybridized carbons (Fsp3) is 0.375. The maximum atomic E-state index is 5.58. The van der Waals surface area contributed by atoms with E-state index in [2.05, 4.69) is 49.9 Å². The number of rotatable bonds is 8. The van der Waals surface area contributed by atoms with Gasteiger partial charge < -0.3 is 9.64 Å². The molecular formula is C16H20BrN3O. The second-order valence-corrected chi connectivity index (χ2v) is 5.43. The highest BCUT2D eigenvalue weighted by Gasteiger charge is 2.11. The molecule has 112 valence electrons. The maximum absolute atomic E-state index is 5.58. The first-order valence-electron chi connectivity index (χ1n) is 7.14. The van der Waals surface area contributed by atoms with Gasteiger partial charge in [-0.05, 0) is 12.0 Å². The summed E-state index contributed by atoms with van der Waals surface area (Å²) in [5, 5.41) is 0.864. The zero-order valence-electron chi connectivity index (χ0n) is 12.2. The first-order valence-corrected chi connectivity index (χ1v) is 8.26. The van der Waals surface area contributed by atoms with Crippen molar-refractivity contribution in [3.05, 3.63) is 48.2 Å². The lowest BCUT2D eigenvalue weighted by Gasteiger charge is -2.22. The molecule has 0 amide bonds. The minimum Gasteiger partial charge on any atom is -0.478 e. The van der Waals surface area contributed by atoms with E-state index < -0.39 is 0 Å². The third-order valence-electron chi connectivity index (χ3n) is 2.92. The fourth-order valence-corrected chi connectivity index (χ4v) is 2.36. The summed E-state index contributed by atoms with van der Waals surface area (Å²) in [6.07, 6.45) is 2.72. The van der Waals surface area contributed by atoms with Gasteiger partial charge in [-0.3, -0.25) is 0 Å². The Morgan fingerprint density at radius 2 is 2.00 bits per heavy atom. The molecule has 0 aliphatic rings. The van der Waals surface area contributed by atoms with Gasteiger partial charge in [-0.15, -0.1) is 0 Å². The molecule has 0 N–H and O–H groups in total. The van der Waals surface area contributed by atoms with Crippen molar-refractivity contribution in [3.63, 3.8) is 0 Å². The largest absolute Gasteiger partial charge is 0.478 e. The Labute approximate surface area is 134 Å². The number of aromatic nitrogens is 2. The Morgan fingerprint density at radius 3 is 2.71 bits per heavy atom. The van der Waals surface area contributed by atoms with Crippen LogP contribution in [0, 0.1) is 0 Å². The van der Waals surface area contributed by atoms with Crippen molar-refractivity contribution in [2.24, 2.45) is 0 Å². The van der Waals surface area contributed by atoms with Crippen molar-refractivity contribution in [1.82, 2.24) is 9.97 Å². The lowest BCUT2D eigenvalue weighted by Crippen LogP contribution is -2.26. The summed E-state index contributed by atoms with van der Waals surface area (Å²) in [5.41, 5.74) is 1.24. The Bertz CT molecular complexity index is 536. The highest BCUT2D eigenvalue weighted by atomic mass is 79.9. The van der Waals surface area contributed by atoms with E-state index in [1.165, 1.54) is 5.56 Å². The lowest BCUT2D eigenvalue weighted by molar-refractivity contribution is 0.304. The van der Waals surface area contributed by atoms with Crippen molar-refractivity contribution in [1.29, 1.82) is 0 Å². The molecule has 0 saturated heterocycles. The van der Waals surface area contributed by atoms with Crippen LogP contribution < -0.4 is 9.64 Å². The Hall–Kier alpha value is -1.62. The van der Waals surface area contributed by atoms with Gasteiger partial charge in [-0.25, -0.2) is 4.98 Å². The molecule has 1 heterocycles. The number of hydrogen-bond donors (Lipinski definition) is 0. The number of alkyl halides is 1. The van der Waals surface area contributed by atoms with Crippen LogP contribution >= 0.6 is 15.9 Å². The molecule has 0 unspecified atom stereocenters. The van der Waals surface area contributed by atoms with Gasteiger partial charge >= 0.3 is 0 Å². The van der Waals surface area contributed by atoms with E-state index >= 15 is 0 Å². The number of benzene rings is 1. The summed E-state index contributed by atoms with van der Waals surface area (Å²) in [4.78, 5) is 11.0. The molecule has 21 heavy (non-hydrogen) atoms. The summed E-state index contributed by atoms with van der Waals surface area (Å²) >= 11 is 3.49. The number of ether oxygens (including phenoxy) is 1. The predicted octanol–water partition coefficient (Wildman–Crippen LogP) is 3.67. The van der Waals surface area contributed by atoms with E-state index in [9.17, 15) is 0 Å². The van der Waals surface area contributed by atoms with Crippen LogP contribution in [0.1, 0.15) is 18.9 Å². The third-order valence-corrected chi connectivity index (χ3v) is 3.28. The van der Waals surface area contributed by atoms with Gasteiger partial charge in [-0.2, -0.15) is 4.98 Å². The molecule has 0 aliphatic carbocycles. The highest BCUT2D eigenvalue weighted by Crippen LogP contribution is 2.16. The Morgan fingerprint density at radius 1 is 1.19 bits per heavy atom. The van der Waals surface area contributed by atoms with Gasteiger partial charge in [0.05, 0.1) is 6.61 Å². The average Bonchev–Trinajstić information content (AvgIpc) is 2.54. The second-order valence-electron chi connectivity index (χ2n) is 4.64. The number of nitrogens with zero attached hydrogens (tertiary/aromatic N) is 3. The van der Waals surface area contributed by atoms with Gasteiger partial charge in [0, 0.05) is 30.7 Å². The minimum absolute atomic E-state index is 0.634. The minimum atomic E-state index is 0.634. The molecule has 4 nitrogen and oxygen atoms in total.